The first-order valence-electron chi connectivity index (χ1n) is 6.32. The summed E-state index contributed by atoms with van der Waals surface area (Å²) in [6, 6.07) is 9.88. The first-order chi connectivity index (χ1) is 7.56. The molecule has 0 bridgehead atoms. The van der Waals surface area contributed by atoms with Crippen molar-refractivity contribution in [3.8, 4) is 0 Å². The number of hydrogen-bond donors (Lipinski definition) is 0. The highest BCUT2D eigenvalue weighted by Gasteiger charge is 2.22. The molecule has 0 heterocycles. The van der Waals surface area contributed by atoms with E-state index in [1.165, 1.54) is 36.9 Å². The third kappa shape index (κ3) is 4.30. The van der Waals surface area contributed by atoms with Gasteiger partial charge in [0.15, 0.2) is 0 Å². The van der Waals surface area contributed by atoms with Crippen LogP contribution >= 0.6 is 11.6 Å². The van der Waals surface area contributed by atoms with Crippen LogP contribution in [0.15, 0.2) is 24.3 Å². The van der Waals surface area contributed by atoms with Gasteiger partial charge >= 0.3 is 0 Å². The molecule has 0 aliphatic heterocycles. The van der Waals surface area contributed by atoms with E-state index < -0.39 is 8.07 Å². The van der Waals surface area contributed by atoms with E-state index in [-0.39, 0.29) is 0 Å². The van der Waals surface area contributed by atoms with E-state index in [4.69, 9.17) is 11.6 Å². The molecule has 16 heavy (non-hydrogen) atoms. The van der Waals surface area contributed by atoms with Crippen LogP contribution in [0.2, 0.25) is 24.2 Å². The van der Waals surface area contributed by atoms with Crippen LogP contribution in [0.3, 0.4) is 0 Å². The minimum atomic E-state index is -1.21. The fourth-order valence-electron chi connectivity index (χ4n) is 2.04. The van der Waals surface area contributed by atoms with E-state index in [2.05, 4.69) is 32.2 Å². The Bertz CT molecular complexity index is 303. The summed E-state index contributed by atoms with van der Waals surface area (Å²) >= 11 is 5.92. The van der Waals surface area contributed by atoms with Gasteiger partial charge in [0.05, 0.1) is 8.07 Å². The maximum Gasteiger partial charge on any atom is 0.0806 e. The Morgan fingerprint density at radius 2 is 1.62 bits per heavy atom. The zero-order chi connectivity index (χ0) is 12.0. The highest BCUT2D eigenvalue weighted by Crippen LogP contribution is 2.16. The maximum atomic E-state index is 5.92. The van der Waals surface area contributed by atoms with E-state index in [0.29, 0.717) is 0 Å². The van der Waals surface area contributed by atoms with Gasteiger partial charge in [-0.15, -0.1) is 0 Å². The fraction of sp³-hybridized carbons (Fsp3) is 0.571. The van der Waals surface area contributed by atoms with Gasteiger partial charge in [-0.3, -0.25) is 0 Å². The molecule has 0 unspecified atom stereocenters. The van der Waals surface area contributed by atoms with Crippen LogP contribution in [0.5, 0.6) is 0 Å². The Hall–Kier alpha value is -0.273. The van der Waals surface area contributed by atoms with E-state index in [0.717, 1.165) is 5.02 Å². The van der Waals surface area contributed by atoms with Crippen LogP contribution in [-0.4, -0.2) is 8.07 Å². The summed E-state index contributed by atoms with van der Waals surface area (Å²) in [5.74, 6) is 0. The zero-order valence-electron chi connectivity index (χ0n) is 10.7. The second-order valence-corrected chi connectivity index (χ2v) is 10.5. The van der Waals surface area contributed by atoms with Gasteiger partial charge in [-0.05, 0) is 12.1 Å². The van der Waals surface area contributed by atoms with Gasteiger partial charge in [-0.25, -0.2) is 0 Å². The lowest BCUT2D eigenvalue weighted by Crippen LogP contribution is -2.40. The third-order valence-electron chi connectivity index (χ3n) is 3.28. The van der Waals surface area contributed by atoms with Crippen LogP contribution < -0.4 is 5.19 Å². The summed E-state index contributed by atoms with van der Waals surface area (Å²) in [4.78, 5) is 0. The van der Waals surface area contributed by atoms with E-state index in [9.17, 15) is 0 Å². The van der Waals surface area contributed by atoms with Gasteiger partial charge in [0.2, 0.25) is 0 Å². The largest absolute Gasteiger partial charge is 0.0843 e. The average Bonchev–Trinajstić information content (AvgIpc) is 2.25. The molecule has 0 aromatic heterocycles. The normalized spacial score (nSPS) is 11.8. The smallest absolute Gasteiger partial charge is 0.0806 e. The highest BCUT2D eigenvalue weighted by molar-refractivity contribution is 6.89. The van der Waals surface area contributed by atoms with Crippen LogP contribution in [0.25, 0.3) is 0 Å². The molecule has 0 nitrogen and oxygen atoms in total. The molecule has 0 spiro atoms. The number of halogens is 1. The Morgan fingerprint density at radius 1 is 1.00 bits per heavy atom. The Morgan fingerprint density at radius 3 is 2.19 bits per heavy atom. The second-order valence-electron chi connectivity index (χ2n) is 5.20. The maximum absolute atomic E-state index is 5.92. The van der Waals surface area contributed by atoms with Gasteiger partial charge in [-0.1, -0.05) is 80.7 Å². The minimum Gasteiger partial charge on any atom is -0.0843 e. The molecule has 0 radical (unpaired) electrons. The first-order valence-corrected chi connectivity index (χ1v) is 9.91. The summed E-state index contributed by atoms with van der Waals surface area (Å²) in [5.41, 5.74) is 0. The van der Waals surface area contributed by atoms with Crippen molar-refractivity contribution >= 4 is 24.9 Å². The van der Waals surface area contributed by atoms with Crippen molar-refractivity contribution in [2.24, 2.45) is 0 Å². The van der Waals surface area contributed by atoms with Crippen molar-refractivity contribution < 1.29 is 0 Å². The van der Waals surface area contributed by atoms with Crippen LogP contribution in [0.4, 0.5) is 0 Å². The van der Waals surface area contributed by atoms with E-state index in [1.54, 1.807) is 0 Å². The van der Waals surface area contributed by atoms with Crippen molar-refractivity contribution in [1.29, 1.82) is 0 Å². The molecular formula is C14H23ClSi. The van der Waals surface area contributed by atoms with Crippen molar-refractivity contribution in [2.45, 2.75) is 51.7 Å². The number of benzene rings is 1. The molecule has 0 atom stereocenters. The standard InChI is InChI=1S/C14H23ClSi/c1-4-5-6-7-12-16(2,3)14-10-8-13(15)9-11-14/h8-11H,4-7,12H2,1-3H3. The summed E-state index contributed by atoms with van der Waals surface area (Å²) in [6.07, 6.45) is 5.48. The molecule has 1 aromatic carbocycles. The molecule has 0 aliphatic rings. The molecule has 0 saturated carbocycles. The lowest BCUT2D eigenvalue weighted by atomic mass is 10.2. The van der Waals surface area contributed by atoms with Gasteiger partial charge in [0, 0.05) is 5.02 Å². The van der Waals surface area contributed by atoms with Crippen molar-refractivity contribution in [1.82, 2.24) is 0 Å². The molecule has 0 fully saturated rings. The number of rotatable bonds is 6. The van der Waals surface area contributed by atoms with Gasteiger partial charge in [0.25, 0.3) is 0 Å². The van der Waals surface area contributed by atoms with Crippen molar-refractivity contribution in [2.75, 3.05) is 0 Å². The SMILES string of the molecule is CCCCCC[Si](C)(C)c1ccc(Cl)cc1. The predicted octanol–water partition coefficient (Wildman–Crippen LogP) is 4.84. The van der Waals surface area contributed by atoms with Crippen LogP contribution in [0.1, 0.15) is 32.6 Å². The lowest BCUT2D eigenvalue weighted by molar-refractivity contribution is 0.697. The summed E-state index contributed by atoms with van der Waals surface area (Å²) < 4.78 is 0. The molecule has 2 heteroatoms. The Balaban J connectivity index is 2.52. The predicted molar refractivity (Wildman–Crippen MR) is 77.5 cm³/mol. The quantitative estimate of drug-likeness (QED) is 0.504. The average molecular weight is 255 g/mol. The molecule has 0 saturated heterocycles. The molecule has 0 N–H and O–H groups in total. The fourth-order valence-corrected chi connectivity index (χ4v) is 4.66. The molecule has 0 aliphatic carbocycles. The van der Waals surface area contributed by atoms with Gasteiger partial charge in [-0.2, -0.15) is 0 Å². The Labute approximate surface area is 106 Å². The highest BCUT2D eigenvalue weighted by atomic mass is 35.5. The van der Waals surface area contributed by atoms with Crippen LogP contribution in [-0.2, 0) is 0 Å². The topological polar surface area (TPSA) is 0 Å². The molecular weight excluding hydrogens is 232 g/mol. The van der Waals surface area contributed by atoms with E-state index >= 15 is 0 Å². The summed E-state index contributed by atoms with van der Waals surface area (Å²) in [7, 11) is -1.21. The Kier molecular flexibility index (Phi) is 5.57. The molecule has 0 amide bonds. The molecule has 1 rings (SSSR count). The second kappa shape index (κ2) is 6.46. The molecule has 90 valence electrons. The first kappa shape index (κ1) is 13.8. The van der Waals surface area contributed by atoms with Gasteiger partial charge < -0.3 is 0 Å². The van der Waals surface area contributed by atoms with Crippen molar-refractivity contribution in [3.05, 3.63) is 29.3 Å². The monoisotopic (exact) mass is 254 g/mol. The van der Waals surface area contributed by atoms with Crippen molar-refractivity contribution in [3.63, 3.8) is 0 Å². The third-order valence-corrected chi connectivity index (χ3v) is 7.03. The van der Waals surface area contributed by atoms with Gasteiger partial charge in [0.1, 0.15) is 0 Å². The number of hydrogen-bond acceptors (Lipinski definition) is 0. The van der Waals surface area contributed by atoms with E-state index in [1.807, 2.05) is 12.1 Å². The minimum absolute atomic E-state index is 0.847. The summed E-state index contributed by atoms with van der Waals surface area (Å²) in [5, 5.41) is 2.38. The molecule has 1 aromatic rings. The zero-order valence-corrected chi connectivity index (χ0v) is 12.5. The lowest BCUT2D eigenvalue weighted by Gasteiger charge is -2.23. The summed E-state index contributed by atoms with van der Waals surface area (Å²) in [6.45, 7) is 7.19. The van der Waals surface area contributed by atoms with Crippen LogP contribution in [0, 0.1) is 0 Å². The number of unbranched alkanes of at least 4 members (excludes halogenated alkanes) is 3.